The first-order chi connectivity index (χ1) is 13.9. The summed E-state index contributed by atoms with van der Waals surface area (Å²) < 4.78 is 39.8. The highest BCUT2D eigenvalue weighted by molar-refractivity contribution is 7.89. The monoisotopic (exact) mass is 419 g/mol. The van der Waals surface area contributed by atoms with Crippen LogP contribution >= 0.6 is 0 Å². The lowest BCUT2D eigenvalue weighted by atomic mass is 10.1. The van der Waals surface area contributed by atoms with Crippen LogP contribution in [0.5, 0.6) is 0 Å². The molecule has 2 aromatic rings. The SMILES string of the molecule is CCN(CC)c1ccc(C(=O)N2CCN(S(=O)(=O)c3ccc(F)cc3)CC2)cc1. The Morgan fingerprint density at radius 3 is 2.00 bits per heavy atom. The number of hydrogen-bond acceptors (Lipinski definition) is 4. The number of carbonyl (C=O) groups is 1. The van der Waals surface area contributed by atoms with Crippen molar-refractivity contribution in [1.82, 2.24) is 9.21 Å². The van der Waals surface area contributed by atoms with Gasteiger partial charge in [-0.05, 0) is 62.4 Å². The van der Waals surface area contributed by atoms with Crippen LogP contribution in [0.1, 0.15) is 24.2 Å². The average molecular weight is 420 g/mol. The summed E-state index contributed by atoms with van der Waals surface area (Å²) in [6.45, 7) is 7.02. The van der Waals surface area contributed by atoms with Crippen molar-refractivity contribution >= 4 is 21.6 Å². The van der Waals surface area contributed by atoms with E-state index in [1.54, 1.807) is 4.90 Å². The van der Waals surface area contributed by atoms with Gasteiger partial charge in [-0.2, -0.15) is 4.31 Å². The maximum atomic E-state index is 13.1. The molecule has 1 aliphatic rings. The number of sulfonamides is 1. The Labute approximate surface area is 171 Å². The van der Waals surface area contributed by atoms with Crippen molar-refractivity contribution in [3.8, 4) is 0 Å². The number of benzene rings is 2. The van der Waals surface area contributed by atoms with Crippen molar-refractivity contribution in [1.29, 1.82) is 0 Å². The number of halogens is 1. The van der Waals surface area contributed by atoms with Gasteiger partial charge in [0.1, 0.15) is 5.82 Å². The summed E-state index contributed by atoms with van der Waals surface area (Å²) in [6, 6.07) is 12.3. The van der Waals surface area contributed by atoms with Gasteiger partial charge in [0.25, 0.3) is 5.91 Å². The van der Waals surface area contributed by atoms with Gasteiger partial charge >= 0.3 is 0 Å². The molecule has 6 nitrogen and oxygen atoms in total. The smallest absolute Gasteiger partial charge is 0.253 e. The van der Waals surface area contributed by atoms with Crippen LogP contribution in [-0.2, 0) is 10.0 Å². The van der Waals surface area contributed by atoms with Crippen LogP contribution in [0.2, 0.25) is 0 Å². The van der Waals surface area contributed by atoms with Crippen molar-refractivity contribution in [3.05, 3.63) is 59.9 Å². The minimum absolute atomic E-state index is 0.0608. The molecule has 0 bridgehead atoms. The molecule has 0 spiro atoms. The zero-order chi connectivity index (χ0) is 21.0. The van der Waals surface area contributed by atoms with Crippen molar-refractivity contribution in [2.24, 2.45) is 0 Å². The van der Waals surface area contributed by atoms with Crippen molar-refractivity contribution in [3.63, 3.8) is 0 Å². The van der Waals surface area contributed by atoms with Crippen molar-refractivity contribution in [2.75, 3.05) is 44.2 Å². The highest BCUT2D eigenvalue weighted by Crippen LogP contribution is 2.20. The summed E-state index contributed by atoms with van der Waals surface area (Å²) >= 11 is 0. The Balaban J connectivity index is 1.64. The number of carbonyl (C=O) groups excluding carboxylic acids is 1. The van der Waals surface area contributed by atoms with Crippen LogP contribution in [0.4, 0.5) is 10.1 Å². The highest BCUT2D eigenvalue weighted by Gasteiger charge is 2.30. The molecule has 1 amide bonds. The fourth-order valence-electron chi connectivity index (χ4n) is 3.47. The number of nitrogens with zero attached hydrogens (tertiary/aromatic N) is 3. The lowest BCUT2D eigenvalue weighted by Gasteiger charge is -2.34. The molecular weight excluding hydrogens is 393 g/mol. The van der Waals surface area contributed by atoms with Gasteiger partial charge in [0.15, 0.2) is 0 Å². The Kier molecular flexibility index (Phi) is 6.54. The summed E-state index contributed by atoms with van der Waals surface area (Å²) in [7, 11) is -3.69. The Morgan fingerprint density at radius 1 is 0.931 bits per heavy atom. The third-order valence-electron chi connectivity index (χ3n) is 5.22. The van der Waals surface area contributed by atoms with Gasteiger partial charge in [-0.1, -0.05) is 0 Å². The molecule has 8 heteroatoms. The normalized spacial score (nSPS) is 15.3. The van der Waals surface area contributed by atoms with Crippen molar-refractivity contribution < 1.29 is 17.6 Å². The fraction of sp³-hybridized carbons (Fsp3) is 0.381. The summed E-state index contributed by atoms with van der Waals surface area (Å²) in [6.07, 6.45) is 0. The average Bonchev–Trinajstić information content (AvgIpc) is 2.75. The summed E-state index contributed by atoms with van der Waals surface area (Å²) in [5.41, 5.74) is 1.66. The van der Waals surface area contributed by atoms with E-state index in [4.69, 9.17) is 0 Å². The summed E-state index contributed by atoms with van der Waals surface area (Å²) in [5, 5.41) is 0. The molecule has 0 N–H and O–H groups in total. The molecule has 0 aliphatic carbocycles. The van der Waals surface area contributed by atoms with E-state index in [1.165, 1.54) is 16.4 Å². The molecule has 0 saturated carbocycles. The van der Waals surface area contributed by atoms with Crippen molar-refractivity contribution in [2.45, 2.75) is 18.7 Å². The molecule has 29 heavy (non-hydrogen) atoms. The molecule has 0 unspecified atom stereocenters. The van der Waals surface area contributed by atoms with Crippen LogP contribution in [0.15, 0.2) is 53.4 Å². The minimum Gasteiger partial charge on any atom is -0.372 e. The molecule has 1 aliphatic heterocycles. The van der Waals surface area contributed by atoms with E-state index >= 15 is 0 Å². The van der Waals surface area contributed by atoms with E-state index in [1.807, 2.05) is 24.3 Å². The molecular formula is C21H26FN3O3S. The van der Waals surface area contributed by atoms with Crippen LogP contribution in [-0.4, -0.2) is 62.8 Å². The zero-order valence-corrected chi connectivity index (χ0v) is 17.5. The molecule has 0 atom stereocenters. The highest BCUT2D eigenvalue weighted by atomic mass is 32.2. The second-order valence-electron chi connectivity index (χ2n) is 6.87. The van der Waals surface area contributed by atoms with E-state index in [9.17, 15) is 17.6 Å². The van der Waals surface area contributed by atoms with Gasteiger partial charge in [0.05, 0.1) is 4.90 Å². The van der Waals surface area contributed by atoms with Gasteiger partial charge in [-0.25, -0.2) is 12.8 Å². The van der Waals surface area contributed by atoms with E-state index in [-0.39, 0.29) is 23.9 Å². The van der Waals surface area contributed by atoms with Gasteiger partial charge in [0.2, 0.25) is 10.0 Å². The molecule has 1 fully saturated rings. The van der Waals surface area contributed by atoms with Crippen LogP contribution in [0, 0.1) is 5.82 Å². The lowest BCUT2D eigenvalue weighted by molar-refractivity contribution is 0.0698. The summed E-state index contributed by atoms with van der Waals surface area (Å²) in [5.74, 6) is -0.582. The van der Waals surface area contributed by atoms with E-state index < -0.39 is 15.8 Å². The zero-order valence-electron chi connectivity index (χ0n) is 16.7. The molecule has 0 radical (unpaired) electrons. The number of piperazine rings is 1. The maximum Gasteiger partial charge on any atom is 0.253 e. The molecule has 2 aromatic carbocycles. The van der Waals surface area contributed by atoms with Gasteiger partial charge in [-0.15, -0.1) is 0 Å². The Morgan fingerprint density at radius 2 is 1.48 bits per heavy atom. The van der Waals surface area contributed by atoms with Crippen LogP contribution < -0.4 is 4.90 Å². The molecule has 1 heterocycles. The molecule has 1 saturated heterocycles. The predicted molar refractivity (Wildman–Crippen MR) is 111 cm³/mol. The van der Waals surface area contributed by atoms with Gasteiger partial charge < -0.3 is 9.80 Å². The van der Waals surface area contributed by atoms with Gasteiger partial charge in [0, 0.05) is 50.5 Å². The van der Waals surface area contributed by atoms with Gasteiger partial charge in [-0.3, -0.25) is 4.79 Å². The number of hydrogen-bond donors (Lipinski definition) is 0. The molecule has 156 valence electrons. The van der Waals surface area contributed by atoms with E-state index in [0.29, 0.717) is 18.7 Å². The summed E-state index contributed by atoms with van der Waals surface area (Å²) in [4.78, 5) is 16.7. The topological polar surface area (TPSA) is 60.9 Å². The Hall–Kier alpha value is -2.45. The fourth-order valence-corrected chi connectivity index (χ4v) is 4.90. The largest absolute Gasteiger partial charge is 0.372 e. The quantitative estimate of drug-likeness (QED) is 0.723. The first-order valence-corrected chi connectivity index (χ1v) is 11.2. The predicted octanol–water partition coefficient (Wildman–Crippen LogP) is 2.82. The molecule has 0 aromatic heterocycles. The third-order valence-corrected chi connectivity index (χ3v) is 7.13. The van der Waals surface area contributed by atoms with Crippen LogP contribution in [0.3, 0.4) is 0 Å². The minimum atomic E-state index is -3.69. The first-order valence-electron chi connectivity index (χ1n) is 9.76. The number of anilines is 1. The third kappa shape index (κ3) is 4.59. The molecule has 3 rings (SSSR count). The first kappa shape index (κ1) is 21.3. The van der Waals surface area contributed by atoms with E-state index in [0.717, 1.165) is 30.9 Å². The number of amides is 1. The second kappa shape index (κ2) is 8.92. The van der Waals surface area contributed by atoms with Crippen LogP contribution in [0.25, 0.3) is 0 Å². The standard InChI is InChI=1S/C21H26FN3O3S/c1-3-23(4-2)19-9-5-17(6-10-19)21(26)24-13-15-25(16-14-24)29(27,28)20-11-7-18(22)8-12-20/h5-12H,3-4,13-16H2,1-2H3. The number of rotatable bonds is 6. The van der Waals surface area contributed by atoms with E-state index in [2.05, 4.69) is 18.7 Å². The second-order valence-corrected chi connectivity index (χ2v) is 8.81. The lowest BCUT2D eigenvalue weighted by Crippen LogP contribution is -2.50. The Bertz CT molecular complexity index is 934. The maximum absolute atomic E-state index is 13.1.